The Labute approximate surface area is 195 Å². The molecular weight excluding hydrogens is 454 g/mol. The van der Waals surface area contributed by atoms with Gasteiger partial charge in [0.2, 0.25) is 0 Å². The Bertz CT molecular complexity index is 1150. The summed E-state index contributed by atoms with van der Waals surface area (Å²) in [6, 6.07) is 16.5. The second-order valence-corrected chi connectivity index (χ2v) is 7.20. The molecule has 8 heteroatoms. The molecular formula is C25H21ClF2O5. The van der Waals surface area contributed by atoms with Crippen LogP contribution in [0.3, 0.4) is 0 Å². The molecule has 0 bridgehead atoms. The Morgan fingerprint density at radius 3 is 2.42 bits per heavy atom. The lowest BCUT2D eigenvalue weighted by atomic mass is 10.1. The van der Waals surface area contributed by atoms with Gasteiger partial charge in [-0.3, -0.25) is 4.79 Å². The highest BCUT2D eigenvalue weighted by Gasteiger charge is 2.13. The Kier molecular flexibility index (Phi) is 8.27. The molecule has 0 fully saturated rings. The zero-order valence-corrected chi connectivity index (χ0v) is 18.6. The minimum absolute atomic E-state index is 0.0412. The molecule has 5 nitrogen and oxygen atoms in total. The van der Waals surface area contributed by atoms with E-state index in [2.05, 4.69) is 4.74 Å². The van der Waals surface area contributed by atoms with Gasteiger partial charge in [0.15, 0.2) is 17.3 Å². The quantitative estimate of drug-likeness (QED) is 0.250. The number of methoxy groups -OCH3 is 2. The van der Waals surface area contributed by atoms with Crippen molar-refractivity contribution in [2.75, 3.05) is 14.2 Å². The smallest absolute Gasteiger partial charge is 0.387 e. The van der Waals surface area contributed by atoms with Crippen LogP contribution in [-0.4, -0.2) is 26.6 Å². The first-order chi connectivity index (χ1) is 15.9. The Balaban J connectivity index is 1.75. The summed E-state index contributed by atoms with van der Waals surface area (Å²) in [6.45, 7) is -2.76. The molecule has 0 amide bonds. The van der Waals surface area contributed by atoms with Crippen molar-refractivity contribution in [3.8, 4) is 23.0 Å². The highest BCUT2D eigenvalue weighted by atomic mass is 35.5. The Hall–Kier alpha value is -3.58. The van der Waals surface area contributed by atoms with Crippen LogP contribution in [0.4, 0.5) is 8.78 Å². The largest absolute Gasteiger partial charge is 0.496 e. The number of benzene rings is 3. The number of ketones is 1. The SMILES string of the molecule is COc1ccc(/C=C/C(=O)c2ccc(OC(F)F)c(OC)c2)cc1COc1cccc(Cl)c1. The summed E-state index contributed by atoms with van der Waals surface area (Å²) in [7, 11) is 2.87. The average molecular weight is 475 g/mol. The molecule has 0 radical (unpaired) electrons. The number of rotatable bonds is 10. The molecule has 0 N–H and O–H groups in total. The molecule has 0 atom stereocenters. The summed E-state index contributed by atoms with van der Waals surface area (Å²) in [5, 5.41) is 0.570. The van der Waals surface area contributed by atoms with Gasteiger partial charge in [-0.1, -0.05) is 29.8 Å². The van der Waals surface area contributed by atoms with Crippen molar-refractivity contribution in [3.63, 3.8) is 0 Å². The number of hydrogen-bond donors (Lipinski definition) is 0. The standard InChI is InChI=1S/C25H21ClF2O5/c1-30-22-10-7-16(12-18(22)15-32-20-5-3-4-19(26)14-20)6-9-21(29)17-8-11-23(33-25(27)28)24(13-17)31-2/h3-14,25H,15H2,1-2H3/b9-6+. The van der Waals surface area contributed by atoms with Gasteiger partial charge in [-0.05, 0) is 60.2 Å². The van der Waals surface area contributed by atoms with Crippen LogP contribution in [0, 0.1) is 0 Å². The van der Waals surface area contributed by atoms with E-state index < -0.39 is 6.61 Å². The molecule has 0 heterocycles. The van der Waals surface area contributed by atoms with Crippen molar-refractivity contribution in [2.24, 2.45) is 0 Å². The topological polar surface area (TPSA) is 54.0 Å². The lowest BCUT2D eigenvalue weighted by Crippen LogP contribution is -2.04. The summed E-state index contributed by atoms with van der Waals surface area (Å²) < 4.78 is 45.6. The summed E-state index contributed by atoms with van der Waals surface area (Å²) in [5.74, 6) is 0.824. The zero-order valence-electron chi connectivity index (χ0n) is 17.9. The maximum absolute atomic E-state index is 12.6. The van der Waals surface area contributed by atoms with E-state index in [9.17, 15) is 13.6 Å². The molecule has 172 valence electrons. The van der Waals surface area contributed by atoms with E-state index in [0.717, 1.165) is 11.1 Å². The fraction of sp³-hybridized carbons (Fsp3) is 0.160. The summed E-state index contributed by atoms with van der Waals surface area (Å²) >= 11 is 5.99. The van der Waals surface area contributed by atoms with Crippen molar-refractivity contribution < 1.29 is 32.5 Å². The van der Waals surface area contributed by atoms with Gasteiger partial charge in [-0.25, -0.2) is 0 Å². The number of ether oxygens (including phenoxy) is 4. The van der Waals surface area contributed by atoms with Gasteiger partial charge in [0, 0.05) is 16.1 Å². The second-order valence-electron chi connectivity index (χ2n) is 6.76. The molecule has 33 heavy (non-hydrogen) atoms. The third kappa shape index (κ3) is 6.70. The molecule has 3 aromatic rings. The summed E-state index contributed by atoms with van der Waals surface area (Å²) in [4.78, 5) is 12.6. The lowest BCUT2D eigenvalue weighted by molar-refractivity contribution is -0.0512. The van der Waals surface area contributed by atoms with Crippen LogP contribution in [0.25, 0.3) is 6.08 Å². The number of hydrogen-bond acceptors (Lipinski definition) is 5. The van der Waals surface area contributed by atoms with Gasteiger partial charge < -0.3 is 18.9 Å². The van der Waals surface area contributed by atoms with E-state index in [1.165, 1.54) is 31.4 Å². The van der Waals surface area contributed by atoms with Crippen molar-refractivity contribution in [1.82, 2.24) is 0 Å². The third-order valence-electron chi connectivity index (χ3n) is 4.59. The molecule has 0 aliphatic carbocycles. The van der Waals surface area contributed by atoms with Crippen molar-refractivity contribution in [3.05, 3.63) is 88.5 Å². The Morgan fingerprint density at radius 2 is 1.73 bits per heavy atom. The van der Waals surface area contributed by atoms with Gasteiger partial charge in [0.1, 0.15) is 18.1 Å². The van der Waals surface area contributed by atoms with Crippen molar-refractivity contribution in [1.29, 1.82) is 0 Å². The molecule has 0 aliphatic rings. The first-order valence-electron chi connectivity index (χ1n) is 9.80. The molecule has 0 unspecified atom stereocenters. The number of carbonyl (C=O) groups excluding carboxylic acids is 1. The fourth-order valence-corrected chi connectivity index (χ4v) is 3.20. The summed E-state index contributed by atoms with van der Waals surface area (Å²) in [5.41, 5.74) is 1.79. The maximum Gasteiger partial charge on any atom is 0.387 e. The molecule has 0 aromatic heterocycles. The second kappa shape index (κ2) is 11.3. The number of halogens is 3. The highest BCUT2D eigenvalue weighted by Crippen LogP contribution is 2.30. The monoisotopic (exact) mass is 474 g/mol. The maximum atomic E-state index is 12.6. The van der Waals surface area contributed by atoms with E-state index in [-0.39, 0.29) is 29.5 Å². The highest BCUT2D eigenvalue weighted by molar-refractivity contribution is 6.30. The van der Waals surface area contributed by atoms with Gasteiger partial charge in [0.05, 0.1) is 14.2 Å². The minimum atomic E-state index is -2.99. The van der Waals surface area contributed by atoms with Crippen LogP contribution in [-0.2, 0) is 6.61 Å². The van der Waals surface area contributed by atoms with E-state index >= 15 is 0 Å². The zero-order chi connectivity index (χ0) is 23.8. The molecule has 0 saturated heterocycles. The van der Waals surface area contributed by atoms with Gasteiger partial charge in [-0.2, -0.15) is 8.78 Å². The van der Waals surface area contributed by atoms with E-state index in [0.29, 0.717) is 16.5 Å². The number of alkyl halides is 2. The van der Waals surface area contributed by atoms with Crippen molar-refractivity contribution >= 4 is 23.5 Å². The van der Waals surface area contributed by atoms with Crippen LogP contribution in [0.2, 0.25) is 5.02 Å². The van der Waals surface area contributed by atoms with Crippen LogP contribution >= 0.6 is 11.6 Å². The molecule has 3 rings (SSSR count). The molecule has 3 aromatic carbocycles. The van der Waals surface area contributed by atoms with E-state index in [1.807, 2.05) is 6.07 Å². The van der Waals surface area contributed by atoms with Crippen molar-refractivity contribution in [2.45, 2.75) is 13.2 Å². The first kappa shape index (κ1) is 24.1. The van der Waals surface area contributed by atoms with Gasteiger partial charge in [0.25, 0.3) is 0 Å². The Morgan fingerprint density at radius 1 is 0.970 bits per heavy atom. The van der Waals surface area contributed by atoms with Crippen LogP contribution in [0.1, 0.15) is 21.5 Å². The molecule has 0 aliphatic heterocycles. The average Bonchev–Trinajstić information content (AvgIpc) is 2.81. The lowest BCUT2D eigenvalue weighted by Gasteiger charge is -2.11. The number of allylic oxidation sites excluding steroid dienone is 1. The van der Waals surface area contributed by atoms with E-state index in [1.54, 1.807) is 49.6 Å². The first-order valence-corrected chi connectivity index (χ1v) is 10.2. The fourth-order valence-electron chi connectivity index (χ4n) is 3.02. The van der Waals surface area contributed by atoms with Crippen LogP contribution in [0.5, 0.6) is 23.0 Å². The normalized spacial score (nSPS) is 11.0. The molecule has 0 spiro atoms. The number of carbonyl (C=O) groups is 1. The van der Waals surface area contributed by atoms with Gasteiger partial charge in [-0.15, -0.1) is 0 Å². The predicted octanol–water partition coefficient (Wildman–Crippen LogP) is 6.43. The summed E-state index contributed by atoms with van der Waals surface area (Å²) in [6.07, 6.45) is 3.02. The van der Waals surface area contributed by atoms with E-state index in [4.69, 9.17) is 25.8 Å². The predicted molar refractivity (Wildman–Crippen MR) is 122 cm³/mol. The minimum Gasteiger partial charge on any atom is -0.496 e. The molecule has 0 saturated carbocycles. The third-order valence-corrected chi connectivity index (χ3v) is 4.82. The van der Waals surface area contributed by atoms with Crippen LogP contribution in [0.15, 0.2) is 66.7 Å². The van der Waals surface area contributed by atoms with Crippen LogP contribution < -0.4 is 18.9 Å². The van der Waals surface area contributed by atoms with Gasteiger partial charge >= 0.3 is 6.61 Å².